The van der Waals surface area contributed by atoms with Crippen molar-refractivity contribution in [3.63, 3.8) is 0 Å². The topological polar surface area (TPSA) is 60.0 Å². The van der Waals surface area contributed by atoms with Gasteiger partial charge in [-0.3, -0.25) is 4.79 Å². The normalized spacial score (nSPS) is 21.0. The molecule has 1 unspecified atom stereocenters. The Morgan fingerprint density at radius 3 is 2.95 bits per heavy atom. The van der Waals surface area contributed by atoms with Crippen LogP contribution in [-0.2, 0) is 0 Å². The number of methoxy groups -OCH3 is 1. The molecular formula is C15H20N2O4. The minimum Gasteiger partial charge on any atom is -0.493 e. The summed E-state index contributed by atoms with van der Waals surface area (Å²) in [5.74, 6) is 1.69. The molecule has 2 heterocycles. The Labute approximate surface area is 124 Å². The fraction of sp³-hybridized carbons (Fsp3) is 0.533. The molecule has 114 valence electrons. The summed E-state index contributed by atoms with van der Waals surface area (Å²) in [6.45, 7) is 5.35. The standard InChI is InChI=1S/C15H20N2O4/c1-10-9-16-3-4-17(10)15(18)11-7-12(19-2)14-13(8-11)20-5-6-21-14/h7-8,10,16H,3-6,9H2,1-2H3. The number of carbonyl (C=O) groups is 1. The number of fused-ring (bicyclic) bond motifs is 1. The van der Waals surface area contributed by atoms with Gasteiger partial charge in [-0.25, -0.2) is 0 Å². The number of hydrogen-bond acceptors (Lipinski definition) is 5. The predicted molar refractivity (Wildman–Crippen MR) is 77.4 cm³/mol. The molecule has 0 saturated carbocycles. The van der Waals surface area contributed by atoms with Crippen LogP contribution in [0.2, 0.25) is 0 Å². The van der Waals surface area contributed by atoms with Gasteiger partial charge in [0.1, 0.15) is 13.2 Å². The van der Waals surface area contributed by atoms with Crippen LogP contribution in [0.4, 0.5) is 0 Å². The van der Waals surface area contributed by atoms with Gasteiger partial charge in [0.05, 0.1) is 7.11 Å². The third-order valence-electron chi connectivity index (χ3n) is 3.84. The van der Waals surface area contributed by atoms with Crippen molar-refractivity contribution in [3.8, 4) is 17.2 Å². The number of amides is 1. The van der Waals surface area contributed by atoms with E-state index in [0.29, 0.717) is 42.6 Å². The van der Waals surface area contributed by atoms with Gasteiger partial charge in [-0.05, 0) is 19.1 Å². The molecule has 1 aromatic rings. The molecule has 0 spiro atoms. The van der Waals surface area contributed by atoms with Gasteiger partial charge < -0.3 is 24.4 Å². The monoisotopic (exact) mass is 292 g/mol. The third-order valence-corrected chi connectivity index (χ3v) is 3.84. The van der Waals surface area contributed by atoms with Gasteiger partial charge in [-0.15, -0.1) is 0 Å². The van der Waals surface area contributed by atoms with Crippen LogP contribution in [0.3, 0.4) is 0 Å². The Kier molecular flexibility index (Phi) is 3.88. The molecule has 2 aliphatic rings. The van der Waals surface area contributed by atoms with Crippen molar-refractivity contribution < 1.29 is 19.0 Å². The molecule has 6 heteroatoms. The van der Waals surface area contributed by atoms with Crippen LogP contribution < -0.4 is 19.5 Å². The first-order valence-electron chi connectivity index (χ1n) is 7.20. The summed E-state index contributed by atoms with van der Waals surface area (Å²) in [6.07, 6.45) is 0. The number of carbonyl (C=O) groups excluding carboxylic acids is 1. The largest absolute Gasteiger partial charge is 0.493 e. The highest BCUT2D eigenvalue weighted by Gasteiger charge is 2.27. The summed E-state index contributed by atoms with van der Waals surface area (Å²) in [6, 6.07) is 3.64. The van der Waals surface area contributed by atoms with E-state index in [9.17, 15) is 4.79 Å². The van der Waals surface area contributed by atoms with E-state index in [2.05, 4.69) is 5.32 Å². The Bertz CT molecular complexity index is 529. The van der Waals surface area contributed by atoms with E-state index in [1.807, 2.05) is 11.8 Å². The van der Waals surface area contributed by atoms with Crippen molar-refractivity contribution in [2.75, 3.05) is 40.0 Å². The van der Waals surface area contributed by atoms with Crippen molar-refractivity contribution in [3.05, 3.63) is 17.7 Å². The van der Waals surface area contributed by atoms with Crippen molar-refractivity contribution in [1.29, 1.82) is 0 Å². The third kappa shape index (κ3) is 2.63. The molecular weight excluding hydrogens is 272 g/mol. The van der Waals surface area contributed by atoms with Gasteiger partial charge in [0.25, 0.3) is 5.91 Å². The quantitative estimate of drug-likeness (QED) is 0.877. The molecule has 0 aromatic heterocycles. The summed E-state index contributed by atoms with van der Waals surface area (Å²) >= 11 is 0. The fourth-order valence-electron chi connectivity index (χ4n) is 2.71. The number of nitrogens with zero attached hydrogens (tertiary/aromatic N) is 1. The molecule has 1 atom stereocenters. The highest BCUT2D eigenvalue weighted by atomic mass is 16.6. The number of nitrogens with one attached hydrogen (secondary N) is 1. The van der Waals surface area contributed by atoms with Crippen molar-refractivity contribution in [2.24, 2.45) is 0 Å². The summed E-state index contributed by atoms with van der Waals surface area (Å²) in [7, 11) is 1.56. The Morgan fingerprint density at radius 1 is 1.38 bits per heavy atom. The highest BCUT2D eigenvalue weighted by molar-refractivity contribution is 5.96. The van der Waals surface area contributed by atoms with Gasteiger partial charge in [-0.2, -0.15) is 0 Å². The van der Waals surface area contributed by atoms with Crippen LogP contribution in [0.15, 0.2) is 12.1 Å². The number of piperazine rings is 1. The second kappa shape index (κ2) is 5.81. The predicted octanol–water partition coefficient (Wildman–Crippen LogP) is 0.900. The number of hydrogen-bond donors (Lipinski definition) is 1. The van der Waals surface area contributed by atoms with Crippen molar-refractivity contribution >= 4 is 5.91 Å². The lowest BCUT2D eigenvalue weighted by Gasteiger charge is -2.34. The second-order valence-corrected chi connectivity index (χ2v) is 5.25. The van der Waals surface area contributed by atoms with E-state index in [4.69, 9.17) is 14.2 Å². The molecule has 1 saturated heterocycles. The molecule has 0 aliphatic carbocycles. The lowest BCUT2D eigenvalue weighted by Crippen LogP contribution is -2.52. The maximum Gasteiger partial charge on any atom is 0.254 e. The van der Waals surface area contributed by atoms with Crippen molar-refractivity contribution in [2.45, 2.75) is 13.0 Å². The smallest absolute Gasteiger partial charge is 0.254 e. The zero-order valence-electron chi connectivity index (χ0n) is 12.3. The lowest BCUT2D eigenvalue weighted by molar-refractivity contribution is 0.0654. The van der Waals surface area contributed by atoms with Crippen LogP contribution >= 0.6 is 0 Å². The Morgan fingerprint density at radius 2 is 2.19 bits per heavy atom. The molecule has 1 aromatic carbocycles. The summed E-state index contributed by atoms with van der Waals surface area (Å²) in [5, 5.41) is 3.28. The SMILES string of the molecule is COc1cc(C(=O)N2CCNCC2C)cc2c1OCCO2. The maximum atomic E-state index is 12.7. The number of benzene rings is 1. The second-order valence-electron chi connectivity index (χ2n) is 5.25. The van der Waals surface area contributed by atoms with E-state index < -0.39 is 0 Å². The first-order chi connectivity index (χ1) is 10.2. The van der Waals surface area contributed by atoms with Crippen LogP contribution in [-0.4, -0.2) is 56.8 Å². The summed E-state index contributed by atoms with van der Waals surface area (Å²) in [4.78, 5) is 14.6. The molecule has 1 fully saturated rings. The van der Waals surface area contributed by atoms with E-state index in [1.165, 1.54) is 0 Å². The van der Waals surface area contributed by atoms with Gasteiger partial charge >= 0.3 is 0 Å². The highest BCUT2D eigenvalue weighted by Crippen LogP contribution is 2.40. The van der Waals surface area contributed by atoms with Gasteiger partial charge in [-0.1, -0.05) is 0 Å². The van der Waals surface area contributed by atoms with E-state index >= 15 is 0 Å². The molecule has 21 heavy (non-hydrogen) atoms. The Hall–Kier alpha value is -1.95. The van der Waals surface area contributed by atoms with Crippen molar-refractivity contribution in [1.82, 2.24) is 10.2 Å². The average Bonchev–Trinajstić information content (AvgIpc) is 2.53. The zero-order chi connectivity index (χ0) is 14.8. The van der Waals surface area contributed by atoms with Crippen LogP contribution in [0.5, 0.6) is 17.2 Å². The first-order valence-corrected chi connectivity index (χ1v) is 7.20. The molecule has 1 amide bonds. The minimum atomic E-state index is -0.000673. The maximum absolute atomic E-state index is 12.7. The fourth-order valence-corrected chi connectivity index (χ4v) is 2.71. The summed E-state index contributed by atoms with van der Waals surface area (Å²) in [5.41, 5.74) is 0.574. The number of rotatable bonds is 2. The van der Waals surface area contributed by atoms with Gasteiger partial charge in [0.2, 0.25) is 5.75 Å². The summed E-state index contributed by atoms with van der Waals surface area (Å²) < 4.78 is 16.5. The van der Waals surface area contributed by atoms with E-state index in [1.54, 1.807) is 19.2 Å². The number of ether oxygens (including phenoxy) is 3. The zero-order valence-corrected chi connectivity index (χ0v) is 12.3. The van der Waals surface area contributed by atoms with Gasteiger partial charge in [0.15, 0.2) is 11.5 Å². The molecule has 6 nitrogen and oxygen atoms in total. The van der Waals surface area contributed by atoms with E-state index in [0.717, 1.165) is 13.1 Å². The molecule has 1 N–H and O–H groups in total. The minimum absolute atomic E-state index is 0.000673. The van der Waals surface area contributed by atoms with Crippen LogP contribution in [0.1, 0.15) is 17.3 Å². The molecule has 3 rings (SSSR count). The molecule has 0 bridgehead atoms. The Balaban J connectivity index is 1.92. The van der Waals surface area contributed by atoms with Crippen LogP contribution in [0, 0.1) is 0 Å². The van der Waals surface area contributed by atoms with Crippen LogP contribution in [0.25, 0.3) is 0 Å². The van der Waals surface area contributed by atoms with Gasteiger partial charge in [0, 0.05) is 31.2 Å². The average molecular weight is 292 g/mol. The van der Waals surface area contributed by atoms with E-state index in [-0.39, 0.29) is 11.9 Å². The lowest BCUT2D eigenvalue weighted by atomic mass is 10.1. The molecule has 2 aliphatic heterocycles. The first kappa shape index (κ1) is 14.0. The molecule has 0 radical (unpaired) electrons.